The molecule has 2 N–H and O–H groups in total. The molecule has 2 aromatic heterocycles. The third-order valence-corrected chi connectivity index (χ3v) is 5.10. The van der Waals surface area contributed by atoms with E-state index in [1.165, 1.54) is 5.69 Å². The van der Waals surface area contributed by atoms with Gasteiger partial charge >= 0.3 is 0 Å². The fraction of sp³-hybridized carbons (Fsp3) is 0.300. The van der Waals surface area contributed by atoms with Gasteiger partial charge in [0, 0.05) is 49.8 Å². The second-order valence-corrected chi connectivity index (χ2v) is 6.61. The molecule has 6 heteroatoms. The number of carbonyl (C=O) groups excluding carboxylic acids is 1. The smallest absolute Gasteiger partial charge is 0.252 e. The minimum Gasteiger partial charge on any atom is -0.369 e. The van der Waals surface area contributed by atoms with Gasteiger partial charge in [0.1, 0.15) is 5.65 Å². The van der Waals surface area contributed by atoms with Crippen LogP contribution in [0.4, 0.5) is 5.69 Å². The lowest BCUT2D eigenvalue weighted by atomic mass is 10.1. The highest BCUT2D eigenvalue weighted by Gasteiger charge is 2.16. The summed E-state index contributed by atoms with van der Waals surface area (Å²) in [6.45, 7) is 7.67. The average Bonchev–Trinajstić information content (AvgIpc) is 3.12. The summed E-state index contributed by atoms with van der Waals surface area (Å²) in [5.74, 6) is -0.464. The summed E-state index contributed by atoms with van der Waals surface area (Å²) >= 11 is 0. The van der Waals surface area contributed by atoms with Gasteiger partial charge in [0.05, 0.1) is 11.3 Å². The molecule has 134 valence electrons. The summed E-state index contributed by atoms with van der Waals surface area (Å²) in [6, 6.07) is 12.0. The maximum atomic E-state index is 11.6. The number of carbonyl (C=O) groups is 1. The fourth-order valence-electron chi connectivity index (χ4n) is 3.51. The van der Waals surface area contributed by atoms with Crippen molar-refractivity contribution in [3.05, 3.63) is 54.4 Å². The number of aromatic nitrogens is 2. The van der Waals surface area contributed by atoms with E-state index in [1.54, 1.807) is 12.1 Å². The first-order chi connectivity index (χ1) is 12.7. The van der Waals surface area contributed by atoms with Gasteiger partial charge in [0.25, 0.3) is 5.91 Å². The van der Waals surface area contributed by atoms with Gasteiger partial charge in [0.15, 0.2) is 0 Å². The fourth-order valence-corrected chi connectivity index (χ4v) is 3.51. The van der Waals surface area contributed by atoms with Gasteiger partial charge in [-0.05, 0) is 30.8 Å². The maximum absolute atomic E-state index is 11.6. The van der Waals surface area contributed by atoms with Crippen LogP contribution in [0.2, 0.25) is 0 Å². The molecule has 26 heavy (non-hydrogen) atoms. The number of likely N-dealkylation sites (N-methyl/N-ethyl adjacent to an activating group) is 1. The van der Waals surface area contributed by atoms with Crippen molar-refractivity contribution in [2.75, 3.05) is 37.6 Å². The van der Waals surface area contributed by atoms with E-state index in [1.807, 2.05) is 16.8 Å². The lowest BCUT2D eigenvalue weighted by Crippen LogP contribution is -2.46. The lowest BCUT2D eigenvalue weighted by Gasteiger charge is -2.35. The van der Waals surface area contributed by atoms with Crippen LogP contribution in [-0.2, 0) is 0 Å². The number of anilines is 1. The number of amides is 1. The number of nitrogens with two attached hydrogens (primary N) is 1. The van der Waals surface area contributed by atoms with Gasteiger partial charge in [-0.3, -0.25) is 4.79 Å². The SMILES string of the molecule is CCN1CCN(c2ccc(-c3cn4cccc(C(N)=O)c4n3)cc2)CC1. The largest absolute Gasteiger partial charge is 0.369 e. The van der Waals surface area contributed by atoms with Gasteiger partial charge in [-0.15, -0.1) is 0 Å². The van der Waals surface area contributed by atoms with Crippen molar-refractivity contribution in [2.24, 2.45) is 5.73 Å². The molecule has 1 aliphatic heterocycles. The minimum absolute atomic E-state index is 0.434. The van der Waals surface area contributed by atoms with Crippen LogP contribution < -0.4 is 10.6 Å². The standard InChI is InChI=1S/C20H23N5O/c1-2-23-10-12-24(13-11-23)16-7-5-15(6-8-16)18-14-25-9-3-4-17(19(21)26)20(25)22-18/h3-9,14H,2,10-13H2,1H3,(H2,21,26). The van der Waals surface area contributed by atoms with Crippen molar-refractivity contribution < 1.29 is 4.79 Å². The molecule has 1 amide bonds. The molecule has 0 radical (unpaired) electrons. The van der Waals surface area contributed by atoms with Crippen LogP contribution in [0.5, 0.6) is 0 Å². The number of primary amides is 1. The zero-order chi connectivity index (χ0) is 18.1. The number of imidazole rings is 1. The lowest BCUT2D eigenvalue weighted by molar-refractivity contribution is 0.100. The molecular formula is C20H23N5O. The molecule has 3 heterocycles. The summed E-state index contributed by atoms with van der Waals surface area (Å²) in [4.78, 5) is 21.1. The molecule has 4 rings (SSSR count). The number of rotatable bonds is 4. The quantitative estimate of drug-likeness (QED) is 0.784. The molecule has 0 bridgehead atoms. The molecule has 1 aromatic carbocycles. The monoisotopic (exact) mass is 349 g/mol. The van der Waals surface area contributed by atoms with E-state index in [0.717, 1.165) is 44.0 Å². The van der Waals surface area contributed by atoms with Crippen LogP contribution in [0.25, 0.3) is 16.9 Å². The van der Waals surface area contributed by atoms with Gasteiger partial charge in [-0.2, -0.15) is 0 Å². The first-order valence-corrected chi connectivity index (χ1v) is 9.01. The van der Waals surface area contributed by atoms with Crippen molar-refractivity contribution in [3.63, 3.8) is 0 Å². The van der Waals surface area contributed by atoms with Gasteiger partial charge in [-0.25, -0.2) is 4.98 Å². The van der Waals surface area contributed by atoms with Gasteiger partial charge in [0.2, 0.25) is 0 Å². The number of piperazine rings is 1. The molecule has 0 spiro atoms. The number of hydrogen-bond acceptors (Lipinski definition) is 4. The second kappa shape index (κ2) is 6.80. The van der Waals surface area contributed by atoms with E-state index in [9.17, 15) is 4.79 Å². The van der Waals surface area contributed by atoms with Crippen molar-refractivity contribution in [1.82, 2.24) is 14.3 Å². The average molecular weight is 349 g/mol. The Kier molecular flexibility index (Phi) is 4.34. The molecule has 6 nitrogen and oxygen atoms in total. The highest BCUT2D eigenvalue weighted by molar-refractivity contribution is 5.98. The van der Waals surface area contributed by atoms with Crippen molar-refractivity contribution in [3.8, 4) is 11.3 Å². The Balaban J connectivity index is 1.58. The van der Waals surface area contributed by atoms with Crippen molar-refractivity contribution >= 4 is 17.2 Å². The Morgan fingerprint density at radius 1 is 1.12 bits per heavy atom. The maximum Gasteiger partial charge on any atom is 0.252 e. The number of hydrogen-bond donors (Lipinski definition) is 1. The van der Waals surface area contributed by atoms with E-state index in [2.05, 4.69) is 46.0 Å². The second-order valence-electron chi connectivity index (χ2n) is 6.61. The molecule has 1 saturated heterocycles. The minimum atomic E-state index is -0.464. The number of benzene rings is 1. The molecule has 1 aliphatic rings. The van der Waals surface area contributed by atoms with E-state index in [0.29, 0.717) is 11.2 Å². The first-order valence-electron chi connectivity index (χ1n) is 9.01. The van der Waals surface area contributed by atoms with E-state index in [4.69, 9.17) is 5.73 Å². The Morgan fingerprint density at radius 2 is 1.85 bits per heavy atom. The Bertz CT molecular complexity index is 923. The summed E-state index contributed by atoms with van der Waals surface area (Å²) in [6.07, 6.45) is 3.80. The first kappa shape index (κ1) is 16.6. The van der Waals surface area contributed by atoms with E-state index < -0.39 is 5.91 Å². The highest BCUT2D eigenvalue weighted by atomic mass is 16.1. The van der Waals surface area contributed by atoms with Crippen LogP contribution in [0.3, 0.4) is 0 Å². The molecule has 3 aromatic rings. The van der Waals surface area contributed by atoms with Crippen molar-refractivity contribution in [2.45, 2.75) is 6.92 Å². The topological polar surface area (TPSA) is 66.9 Å². The normalized spacial score (nSPS) is 15.5. The third-order valence-electron chi connectivity index (χ3n) is 5.10. The molecular weight excluding hydrogens is 326 g/mol. The van der Waals surface area contributed by atoms with E-state index >= 15 is 0 Å². The van der Waals surface area contributed by atoms with Crippen LogP contribution in [-0.4, -0.2) is 52.9 Å². The van der Waals surface area contributed by atoms with Crippen LogP contribution in [0.15, 0.2) is 48.8 Å². The molecule has 0 saturated carbocycles. The Labute approximate surface area is 152 Å². The van der Waals surface area contributed by atoms with Crippen LogP contribution in [0, 0.1) is 0 Å². The highest BCUT2D eigenvalue weighted by Crippen LogP contribution is 2.24. The van der Waals surface area contributed by atoms with E-state index in [-0.39, 0.29) is 0 Å². The zero-order valence-electron chi connectivity index (χ0n) is 14.9. The Hall–Kier alpha value is -2.86. The van der Waals surface area contributed by atoms with Crippen molar-refractivity contribution in [1.29, 1.82) is 0 Å². The van der Waals surface area contributed by atoms with Gasteiger partial charge < -0.3 is 19.9 Å². The number of nitrogens with zero attached hydrogens (tertiary/aromatic N) is 4. The zero-order valence-corrected chi connectivity index (χ0v) is 14.9. The molecule has 0 atom stereocenters. The summed E-state index contributed by atoms with van der Waals surface area (Å²) in [7, 11) is 0. The van der Waals surface area contributed by atoms with Crippen LogP contribution in [0.1, 0.15) is 17.3 Å². The predicted octanol–water partition coefficient (Wildman–Crippen LogP) is 2.24. The molecule has 0 aliphatic carbocycles. The number of fused-ring (bicyclic) bond motifs is 1. The molecule has 1 fully saturated rings. The summed E-state index contributed by atoms with van der Waals surface area (Å²) in [5.41, 5.74) is 9.58. The molecule has 0 unspecified atom stereocenters. The summed E-state index contributed by atoms with van der Waals surface area (Å²) in [5, 5.41) is 0. The number of pyridine rings is 1. The summed E-state index contributed by atoms with van der Waals surface area (Å²) < 4.78 is 1.84. The van der Waals surface area contributed by atoms with Crippen LogP contribution >= 0.6 is 0 Å². The van der Waals surface area contributed by atoms with Gasteiger partial charge in [-0.1, -0.05) is 19.1 Å². The predicted molar refractivity (Wildman–Crippen MR) is 103 cm³/mol. The Morgan fingerprint density at radius 3 is 2.50 bits per heavy atom. The third kappa shape index (κ3) is 3.04.